The van der Waals surface area contributed by atoms with Crippen molar-refractivity contribution >= 4 is 27.8 Å². The molecule has 3 nitrogen and oxygen atoms in total. The van der Waals surface area contributed by atoms with Gasteiger partial charge in [-0.15, -0.1) is 11.3 Å². The molecule has 1 atom stereocenters. The lowest BCUT2D eigenvalue weighted by atomic mass is 10.2. The molecular formula is C12H11F3N2OS2. The molecule has 108 valence electrons. The number of morpholine rings is 1. The molecule has 2 aromatic rings. The van der Waals surface area contributed by atoms with Crippen molar-refractivity contribution < 1.29 is 17.9 Å². The molecule has 8 heteroatoms. The summed E-state index contributed by atoms with van der Waals surface area (Å²) in [6, 6.07) is 3.91. The number of thiophene rings is 1. The quantitative estimate of drug-likeness (QED) is 0.841. The normalized spacial score (nSPS) is 20.4. The average molecular weight is 320 g/mol. The highest BCUT2D eigenvalue weighted by Gasteiger charge is 2.34. The van der Waals surface area contributed by atoms with Gasteiger partial charge in [0, 0.05) is 11.4 Å². The second kappa shape index (κ2) is 5.34. The van der Waals surface area contributed by atoms with Crippen LogP contribution in [0.2, 0.25) is 0 Å². The third kappa shape index (κ3) is 2.82. The van der Waals surface area contributed by atoms with E-state index in [2.05, 4.69) is 4.98 Å². The van der Waals surface area contributed by atoms with Gasteiger partial charge in [-0.25, -0.2) is 4.98 Å². The van der Waals surface area contributed by atoms with Crippen molar-refractivity contribution in [3.8, 4) is 0 Å². The third-order valence-corrected chi connectivity index (χ3v) is 5.04. The summed E-state index contributed by atoms with van der Waals surface area (Å²) in [5.41, 5.74) is 0. The van der Waals surface area contributed by atoms with Crippen LogP contribution in [0.4, 0.5) is 18.3 Å². The zero-order valence-electron chi connectivity index (χ0n) is 10.3. The smallest absolute Gasteiger partial charge is 0.369 e. The number of nitrogens with zero attached hydrogens (tertiary/aromatic N) is 2. The van der Waals surface area contributed by atoms with Gasteiger partial charge in [0.2, 0.25) is 0 Å². The van der Waals surface area contributed by atoms with Gasteiger partial charge in [0.25, 0.3) is 0 Å². The Hall–Kier alpha value is -1.12. The maximum Gasteiger partial charge on any atom is 0.427 e. The Kier molecular flexibility index (Phi) is 3.70. The number of rotatable bonds is 2. The number of aromatic nitrogens is 1. The van der Waals surface area contributed by atoms with Crippen molar-refractivity contribution in [1.82, 2.24) is 4.98 Å². The molecule has 1 fully saturated rings. The number of hydrogen-bond donors (Lipinski definition) is 0. The molecule has 1 saturated heterocycles. The first-order valence-electron chi connectivity index (χ1n) is 5.97. The molecule has 1 aliphatic heterocycles. The average Bonchev–Trinajstić information content (AvgIpc) is 3.10. The summed E-state index contributed by atoms with van der Waals surface area (Å²) < 4.78 is 43.5. The van der Waals surface area contributed by atoms with Crippen molar-refractivity contribution in [2.75, 3.05) is 24.6 Å². The van der Waals surface area contributed by atoms with Crippen molar-refractivity contribution in [1.29, 1.82) is 0 Å². The van der Waals surface area contributed by atoms with E-state index in [1.807, 2.05) is 22.4 Å². The summed E-state index contributed by atoms with van der Waals surface area (Å²) in [5.74, 6) is 0. The molecule has 2 aromatic heterocycles. The standard InChI is InChI=1S/C12H11F3N2OS2/c13-12(14,15)10-6-16-11(20-10)17-3-4-18-8(7-17)9-2-1-5-19-9/h1-2,5-6,8H,3-4,7H2/t8-/m0/s1. The Labute approximate surface area is 121 Å². The monoisotopic (exact) mass is 320 g/mol. The van der Waals surface area contributed by atoms with Crippen molar-refractivity contribution in [2.24, 2.45) is 0 Å². The second-order valence-corrected chi connectivity index (χ2v) is 6.31. The van der Waals surface area contributed by atoms with E-state index in [1.165, 1.54) is 0 Å². The van der Waals surface area contributed by atoms with Gasteiger partial charge in [0.15, 0.2) is 5.13 Å². The van der Waals surface area contributed by atoms with E-state index in [1.54, 1.807) is 11.3 Å². The summed E-state index contributed by atoms with van der Waals surface area (Å²) in [6.45, 7) is 1.58. The fourth-order valence-corrected chi connectivity index (χ4v) is 3.60. The molecule has 3 heterocycles. The molecule has 0 aromatic carbocycles. The van der Waals surface area contributed by atoms with E-state index < -0.39 is 11.1 Å². The summed E-state index contributed by atoms with van der Waals surface area (Å²) in [6.07, 6.45) is -3.52. The zero-order valence-corrected chi connectivity index (χ0v) is 11.9. The van der Waals surface area contributed by atoms with Crippen LogP contribution in [0.3, 0.4) is 0 Å². The first-order chi connectivity index (χ1) is 9.54. The van der Waals surface area contributed by atoms with Gasteiger partial charge in [-0.05, 0) is 11.4 Å². The Morgan fingerprint density at radius 1 is 1.40 bits per heavy atom. The second-order valence-electron chi connectivity index (χ2n) is 4.33. The van der Waals surface area contributed by atoms with Crippen molar-refractivity contribution in [3.05, 3.63) is 33.5 Å². The number of hydrogen-bond acceptors (Lipinski definition) is 5. The van der Waals surface area contributed by atoms with Gasteiger partial charge in [0.05, 0.1) is 19.3 Å². The minimum Gasteiger partial charge on any atom is -0.369 e. The third-order valence-electron chi connectivity index (χ3n) is 2.97. The summed E-state index contributed by atoms with van der Waals surface area (Å²) in [4.78, 5) is 6.17. The zero-order chi connectivity index (χ0) is 14.2. The van der Waals surface area contributed by atoms with Gasteiger partial charge in [0.1, 0.15) is 11.0 Å². The lowest BCUT2D eigenvalue weighted by Crippen LogP contribution is -2.38. The van der Waals surface area contributed by atoms with E-state index in [0.29, 0.717) is 36.2 Å². The van der Waals surface area contributed by atoms with Crippen LogP contribution < -0.4 is 4.90 Å². The molecule has 3 rings (SSSR count). The molecular weight excluding hydrogens is 309 g/mol. The Balaban J connectivity index is 1.75. The van der Waals surface area contributed by atoms with E-state index in [4.69, 9.17) is 4.74 Å². The van der Waals surface area contributed by atoms with Crippen LogP contribution in [-0.4, -0.2) is 24.7 Å². The van der Waals surface area contributed by atoms with Gasteiger partial charge in [-0.1, -0.05) is 17.4 Å². The number of halogens is 3. The van der Waals surface area contributed by atoms with Crippen molar-refractivity contribution in [2.45, 2.75) is 12.3 Å². The van der Waals surface area contributed by atoms with Crippen LogP contribution in [0.1, 0.15) is 15.9 Å². The van der Waals surface area contributed by atoms with Gasteiger partial charge in [-0.3, -0.25) is 0 Å². The minimum absolute atomic E-state index is 0.0954. The van der Waals surface area contributed by atoms with Crippen LogP contribution in [0.15, 0.2) is 23.7 Å². The lowest BCUT2D eigenvalue weighted by molar-refractivity contribution is -0.134. The van der Waals surface area contributed by atoms with E-state index in [0.717, 1.165) is 11.1 Å². The molecule has 0 N–H and O–H groups in total. The van der Waals surface area contributed by atoms with E-state index >= 15 is 0 Å². The fourth-order valence-electron chi connectivity index (χ4n) is 2.01. The number of thiazole rings is 1. The van der Waals surface area contributed by atoms with Crippen molar-refractivity contribution in [3.63, 3.8) is 0 Å². The Bertz CT molecular complexity index is 568. The molecule has 1 aliphatic rings. The molecule has 0 bridgehead atoms. The van der Waals surface area contributed by atoms with Crippen LogP contribution in [-0.2, 0) is 10.9 Å². The summed E-state index contributed by atoms with van der Waals surface area (Å²) in [7, 11) is 0. The Morgan fingerprint density at radius 3 is 2.90 bits per heavy atom. The molecule has 20 heavy (non-hydrogen) atoms. The largest absolute Gasteiger partial charge is 0.427 e. The van der Waals surface area contributed by atoms with Crippen LogP contribution in [0.25, 0.3) is 0 Å². The first-order valence-corrected chi connectivity index (χ1v) is 7.66. The predicted molar refractivity (Wildman–Crippen MR) is 72.3 cm³/mol. The van der Waals surface area contributed by atoms with E-state index in [-0.39, 0.29) is 6.10 Å². The minimum atomic E-state index is -4.32. The molecule has 0 unspecified atom stereocenters. The highest BCUT2D eigenvalue weighted by Crippen LogP contribution is 2.37. The summed E-state index contributed by atoms with van der Waals surface area (Å²) >= 11 is 2.27. The topological polar surface area (TPSA) is 25.4 Å². The maximum absolute atomic E-state index is 12.6. The van der Waals surface area contributed by atoms with Crippen LogP contribution >= 0.6 is 22.7 Å². The lowest BCUT2D eigenvalue weighted by Gasteiger charge is -2.32. The van der Waals surface area contributed by atoms with Crippen LogP contribution in [0, 0.1) is 0 Å². The first kappa shape index (κ1) is 13.8. The molecule has 0 radical (unpaired) electrons. The molecule has 0 saturated carbocycles. The number of anilines is 1. The molecule has 0 amide bonds. The highest BCUT2D eigenvalue weighted by atomic mass is 32.1. The SMILES string of the molecule is FC(F)(F)c1cnc(N2CCO[C@H](c3cccs3)C2)s1. The highest BCUT2D eigenvalue weighted by molar-refractivity contribution is 7.15. The number of ether oxygens (including phenoxy) is 1. The number of alkyl halides is 3. The van der Waals surface area contributed by atoms with Gasteiger partial charge in [-0.2, -0.15) is 13.2 Å². The maximum atomic E-state index is 12.6. The van der Waals surface area contributed by atoms with E-state index in [9.17, 15) is 13.2 Å². The van der Waals surface area contributed by atoms with Gasteiger partial charge < -0.3 is 9.64 Å². The Morgan fingerprint density at radius 2 is 2.25 bits per heavy atom. The summed E-state index contributed by atoms with van der Waals surface area (Å²) in [5, 5.41) is 2.37. The van der Waals surface area contributed by atoms with Crippen LogP contribution in [0.5, 0.6) is 0 Å². The van der Waals surface area contributed by atoms with Gasteiger partial charge >= 0.3 is 6.18 Å². The molecule has 0 aliphatic carbocycles. The predicted octanol–water partition coefficient (Wildman–Crippen LogP) is 3.80. The fraction of sp³-hybridized carbons (Fsp3) is 0.417. The molecule has 0 spiro atoms.